The summed E-state index contributed by atoms with van der Waals surface area (Å²) in [6.45, 7) is -1.33. The van der Waals surface area contributed by atoms with Crippen LogP contribution in [0.5, 0.6) is 0 Å². The molecular formula is C17H33NO13S. The third-order valence-electron chi connectivity index (χ3n) is 4.92. The Kier molecular flexibility index (Phi) is 12.8. The molecule has 0 bridgehead atoms. The average Bonchev–Trinajstić information content (AvgIpc) is 2.78. The zero-order chi connectivity index (χ0) is 24.6. The number of ether oxygens (including phenoxy) is 3. The molecule has 2 aliphatic rings. The van der Waals surface area contributed by atoms with Gasteiger partial charge in [-0.2, -0.15) is 11.8 Å². The number of carbonyl (C=O) groups is 1. The molecule has 0 radical (unpaired) electrons. The van der Waals surface area contributed by atoms with E-state index in [1.54, 1.807) is 11.8 Å². The molecule has 0 aromatic rings. The third kappa shape index (κ3) is 7.69. The molecule has 14 nitrogen and oxygen atoms in total. The van der Waals surface area contributed by atoms with Crippen molar-refractivity contribution in [1.29, 1.82) is 0 Å². The number of aliphatic hydroxyl groups excluding tert-OH is 8. The zero-order valence-electron chi connectivity index (χ0n) is 17.3. The number of hydrogen-bond donors (Lipinski definition) is 10. The Hall–Kier alpha value is -0.660. The molecule has 0 spiro atoms. The van der Waals surface area contributed by atoms with Crippen LogP contribution < -0.4 is 5.73 Å². The number of hydrogen-bond acceptors (Lipinski definition) is 14. The van der Waals surface area contributed by atoms with Crippen molar-refractivity contribution in [2.45, 2.75) is 73.9 Å². The maximum absolute atomic E-state index is 10.1. The Balaban J connectivity index is 0.000000482. The summed E-state index contributed by atoms with van der Waals surface area (Å²) in [4.78, 5) is 10.1. The van der Waals surface area contributed by atoms with E-state index >= 15 is 0 Å². The van der Waals surface area contributed by atoms with Crippen molar-refractivity contribution in [2.24, 2.45) is 5.73 Å². The average molecular weight is 492 g/mol. The first kappa shape index (κ1) is 29.4. The minimum absolute atomic E-state index is 0.552. The Morgan fingerprint density at radius 2 is 1.28 bits per heavy atom. The summed E-state index contributed by atoms with van der Waals surface area (Å²) < 4.78 is 15.3. The summed E-state index contributed by atoms with van der Waals surface area (Å²) in [6, 6.07) is -0.683. The summed E-state index contributed by atoms with van der Waals surface area (Å²) in [5, 5.41) is 84.7. The molecular weight excluding hydrogens is 458 g/mol. The van der Waals surface area contributed by atoms with Gasteiger partial charge in [0.2, 0.25) is 0 Å². The van der Waals surface area contributed by atoms with Crippen molar-refractivity contribution in [3.8, 4) is 0 Å². The van der Waals surface area contributed by atoms with Crippen LogP contribution in [-0.4, -0.2) is 145 Å². The highest BCUT2D eigenvalue weighted by atomic mass is 32.2. The van der Waals surface area contributed by atoms with Gasteiger partial charge in [-0.3, -0.25) is 4.79 Å². The van der Waals surface area contributed by atoms with Gasteiger partial charge in [-0.25, -0.2) is 0 Å². The number of nitrogens with two attached hydrogens (primary N) is 1. The van der Waals surface area contributed by atoms with Gasteiger partial charge in [0.25, 0.3) is 0 Å². The molecule has 2 rings (SSSR count). The molecule has 0 aromatic carbocycles. The van der Waals surface area contributed by atoms with Crippen molar-refractivity contribution >= 4 is 17.7 Å². The Morgan fingerprint density at radius 3 is 1.59 bits per heavy atom. The van der Waals surface area contributed by atoms with Gasteiger partial charge in [-0.1, -0.05) is 0 Å². The Labute approximate surface area is 188 Å². The second kappa shape index (κ2) is 13.9. The quantitative estimate of drug-likeness (QED) is 0.152. The second-order valence-electron chi connectivity index (χ2n) is 7.26. The second-order valence-corrected chi connectivity index (χ2v) is 8.24. The van der Waals surface area contributed by atoms with Gasteiger partial charge in [0.05, 0.1) is 13.2 Å². The molecule has 2 heterocycles. The largest absolute Gasteiger partial charge is 0.480 e. The molecule has 0 aliphatic carbocycles. The molecule has 0 amide bonds. The number of aliphatic hydroxyl groups is 8. The lowest BCUT2D eigenvalue weighted by Crippen LogP contribution is -2.63. The first-order valence-corrected chi connectivity index (χ1v) is 11.1. The lowest BCUT2D eigenvalue weighted by atomic mass is 9.98. The number of thioether (sulfide) groups is 1. The summed E-state index contributed by atoms with van der Waals surface area (Å²) in [5.41, 5.74) is 5.19. The van der Waals surface area contributed by atoms with Crippen LogP contribution in [0, 0.1) is 0 Å². The summed E-state index contributed by atoms with van der Waals surface area (Å²) in [6.07, 6.45) is -13.1. The van der Waals surface area contributed by atoms with Crippen molar-refractivity contribution in [2.75, 3.05) is 25.2 Å². The van der Waals surface area contributed by atoms with E-state index in [0.29, 0.717) is 6.42 Å². The normalized spacial score (nSPS) is 40.8. The van der Waals surface area contributed by atoms with Crippen LogP contribution in [0.2, 0.25) is 0 Å². The predicted octanol–water partition coefficient (Wildman–Crippen LogP) is -5.25. The minimum Gasteiger partial charge on any atom is -0.480 e. The first-order chi connectivity index (χ1) is 15.0. The fourth-order valence-electron chi connectivity index (χ4n) is 2.86. The first-order valence-electron chi connectivity index (χ1n) is 9.73. The van der Waals surface area contributed by atoms with E-state index in [1.165, 1.54) is 0 Å². The number of rotatable bonds is 8. The topological polar surface area (TPSA) is 253 Å². The van der Waals surface area contributed by atoms with Crippen LogP contribution >= 0.6 is 11.8 Å². The maximum Gasteiger partial charge on any atom is 0.320 e. The predicted molar refractivity (Wildman–Crippen MR) is 107 cm³/mol. The van der Waals surface area contributed by atoms with E-state index in [4.69, 9.17) is 35.3 Å². The number of carboxylic acid groups (broad SMARTS) is 1. The van der Waals surface area contributed by atoms with Crippen LogP contribution in [0.3, 0.4) is 0 Å². The molecule has 15 heteroatoms. The molecule has 0 saturated carbocycles. The van der Waals surface area contributed by atoms with Gasteiger partial charge < -0.3 is 65.9 Å². The zero-order valence-corrected chi connectivity index (χ0v) is 18.1. The number of aliphatic carboxylic acids is 1. The summed E-state index contributed by atoms with van der Waals surface area (Å²) in [7, 11) is 0. The molecule has 1 unspecified atom stereocenters. The molecule has 2 aliphatic heterocycles. The molecule has 0 aromatic heterocycles. The van der Waals surface area contributed by atoms with Crippen molar-refractivity contribution in [3.05, 3.63) is 0 Å². The van der Waals surface area contributed by atoms with Gasteiger partial charge in [0.15, 0.2) is 12.6 Å². The monoisotopic (exact) mass is 491 g/mol. The molecule has 11 atom stereocenters. The fraction of sp³-hybridized carbons (Fsp3) is 0.941. The minimum atomic E-state index is -1.72. The Bertz CT molecular complexity index is 523. The molecule has 2 fully saturated rings. The SMILES string of the molecule is CSCCC(N)C(=O)O.OC[C@H]1O[C@H](O[C@H]2O[C@H](CO)[C@@H](O)[C@H](O)[C@H]2O)[C@H](O)[C@@H](O)[C@@H]1O. The van der Waals surface area contributed by atoms with Gasteiger partial charge >= 0.3 is 5.97 Å². The van der Waals surface area contributed by atoms with Gasteiger partial charge in [-0.05, 0) is 18.4 Å². The van der Waals surface area contributed by atoms with Crippen LogP contribution in [0.15, 0.2) is 0 Å². The molecule has 11 N–H and O–H groups in total. The van der Waals surface area contributed by atoms with Crippen LogP contribution in [0.25, 0.3) is 0 Å². The van der Waals surface area contributed by atoms with E-state index in [-0.39, 0.29) is 0 Å². The maximum atomic E-state index is 10.1. The lowest BCUT2D eigenvalue weighted by Gasteiger charge is -2.44. The van der Waals surface area contributed by atoms with Crippen molar-refractivity contribution in [3.63, 3.8) is 0 Å². The summed E-state index contributed by atoms with van der Waals surface area (Å²) >= 11 is 1.60. The standard InChI is InChI=1S/C12H22O11.C5H11NO2S/c13-1-3-5(15)7(17)9(19)11(21-3)23-12-10(20)8(18)6(16)4(2-14)22-12;1-9-3-2-4(6)5(7)8/h3-20H,1-2H2;4H,2-3,6H2,1H3,(H,7,8)/t3-,4-,5-,6-,7+,8+,9-,10-,11-,12-;/m1./s1. The van der Waals surface area contributed by atoms with Gasteiger partial charge in [0.1, 0.15) is 54.9 Å². The smallest absolute Gasteiger partial charge is 0.320 e. The molecule has 190 valence electrons. The van der Waals surface area contributed by atoms with E-state index in [2.05, 4.69) is 0 Å². The third-order valence-corrected chi connectivity index (χ3v) is 5.56. The number of carboxylic acids is 1. The van der Waals surface area contributed by atoms with Crippen LogP contribution in [0.4, 0.5) is 0 Å². The van der Waals surface area contributed by atoms with Gasteiger partial charge in [-0.15, -0.1) is 0 Å². The Morgan fingerprint density at radius 1 is 0.875 bits per heavy atom. The van der Waals surface area contributed by atoms with Crippen molar-refractivity contribution in [1.82, 2.24) is 0 Å². The fourth-order valence-corrected chi connectivity index (χ4v) is 3.35. The van der Waals surface area contributed by atoms with E-state index in [0.717, 1.165) is 5.75 Å². The van der Waals surface area contributed by atoms with Crippen molar-refractivity contribution < 1.29 is 65.0 Å². The van der Waals surface area contributed by atoms with Gasteiger partial charge in [0, 0.05) is 0 Å². The highest BCUT2D eigenvalue weighted by Gasteiger charge is 2.49. The van der Waals surface area contributed by atoms with Crippen LogP contribution in [0.1, 0.15) is 6.42 Å². The molecule has 2 saturated heterocycles. The van der Waals surface area contributed by atoms with Crippen LogP contribution in [-0.2, 0) is 19.0 Å². The highest BCUT2D eigenvalue weighted by molar-refractivity contribution is 7.98. The summed E-state index contributed by atoms with van der Waals surface area (Å²) in [5.74, 6) is -0.1000. The lowest BCUT2D eigenvalue weighted by molar-refractivity contribution is -0.376. The highest BCUT2D eigenvalue weighted by Crippen LogP contribution is 2.27. The van der Waals surface area contributed by atoms with E-state index in [9.17, 15) is 35.4 Å². The van der Waals surface area contributed by atoms with E-state index in [1.807, 2.05) is 6.26 Å². The van der Waals surface area contributed by atoms with E-state index < -0.39 is 86.6 Å². The molecule has 32 heavy (non-hydrogen) atoms.